The molecule has 0 unspecified atom stereocenters. The molecule has 2 N–H and O–H groups in total. The fourth-order valence-electron chi connectivity index (χ4n) is 3.49. The van der Waals surface area contributed by atoms with E-state index < -0.39 is 0 Å². The van der Waals surface area contributed by atoms with Crippen molar-refractivity contribution in [1.29, 1.82) is 0 Å². The van der Waals surface area contributed by atoms with Crippen LogP contribution in [0.3, 0.4) is 0 Å². The van der Waals surface area contributed by atoms with Gasteiger partial charge in [-0.25, -0.2) is 9.37 Å². The van der Waals surface area contributed by atoms with Crippen LogP contribution in [0.1, 0.15) is 11.1 Å². The first-order valence-electron chi connectivity index (χ1n) is 10.5. The molecule has 1 fully saturated rings. The predicted octanol–water partition coefficient (Wildman–Crippen LogP) is 5.16. The van der Waals surface area contributed by atoms with Gasteiger partial charge < -0.3 is 20.3 Å². The zero-order chi connectivity index (χ0) is 23.2. The molecule has 1 aliphatic rings. The van der Waals surface area contributed by atoms with Gasteiger partial charge in [-0.05, 0) is 47.5 Å². The maximum Gasteiger partial charge on any atom is 0.228 e. The summed E-state index contributed by atoms with van der Waals surface area (Å²) in [6.45, 7) is 3.00. The van der Waals surface area contributed by atoms with E-state index >= 15 is 0 Å². The van der Waals surface area contributed by atoms with Crippen LogP contribution in [0.5, 0.6) is 0 Å². The van der Waals surface area contributed by atoms with Gasteiger partial charge in [0.2, 0.25) is 5.91 Å². The van der Waals surface area contributed by atoms with Crippen molar-refractivity contribution in [3.63, 3.8) is 0 Å². The third-order valence-corrected chi connectivity index (χ3v) is 5.80. The Hall–Kier alpha value is -2.87. The highest BCUT2D eigenvalue weighted by Crippen LogP contribution is 2.28. The van der Waals surface area contributed by atoms with Crippen LogP contribution in [0.2, 0.25) is 10.0 Å². The lowest BCUT2D eigenvalue weighted by molar-refractivity contribution is -0.115. The molecule has 1 amide bonds. The molecule has 0 aliphatic carbocycles. The van der Waals surface area contributed by atoms with Crippen LogP contribution >= 0.6 is 23.2 Å². The van der Waals surface area contributed by atoms with Gasteiger partial charge in [-0.1, -0.05) is 41.4 Å². The van der Waals surface area contributed by atoms with E-state index in [4.69, 9.17) is 32.9 Å². The first-order valence-corrected chi connectivity index (χ1v) is 11.3. The molecule has 4 rings (SSSR count). The van der Waals surface area contributed by atoms with Crippen molar-refractivity contribution in [3.8, 4) is 0 Å². The van der Waals surface area contributed by atoms with Gasteiger partial charge in [-0.15, -0.1) is 0 Å². The summed E-state index contributed by atoms with van der Waals surface area (Å²) < 4.78 is 18.6. The Bertz CT molecular complexity index is 1120. The second kappa shape index (κ2) is 10.8. The number of hydrogen-bond donors (Lipinski definition) is 2. The van der Waals surface area contributed by atoms with Gasteiger partial charge in [0, 0.05) is 29.7 Å². The van der Waals surface area contributed by atoms with Gasteiger partial charge in [0.05, 0.1) is 25.3 Å². The van der Waals surface area contributed by atoms with Crippen molar-refractivity contribution >= 4 is 46.4 Å². The smallest absolute Gasteiger partial charge is 0.228 e. The van der Waals surface area contributed by atoms with Crippen molar-refractivity contribution in [1.82, 2.24) is 4.98 Å². The van der Waals surface area contributed by atoms with E-state index in [1.165, 1.54) is 12.1 Å². The molecule has 172 valence electrons. The average Bonchev–Trinajstić information content (AvgIpc) is 2.82. The zero-order valence-electron chi connectivity index (χ0n) is 17.8. The summed E-state index contributed by atoms with van der Waals surface area (Å²) in [7, 11) is 0. The number of hydrogen-bond acceptors (Lipinski definition) is 5. The average molecular weight is 489 g/mol. The number of amides is 1. The first kappa shape index (κ1) is 23.3. The van der Waals surface area contributed by atoms with E-state index in [-0.39, 0.29) is 18.1 Å². The number of pyridine rings is 1. The molecule has 33 heavy (non-hydrogen) atoms. The Labute approximate surface area is 201 Å². The molecule has 9 heteroatoms. The first-order chi connectivity index (χ1) is 16.0. The lowest BCUT2D eigenvalue weighted by Gasteiger charge is -2.29. The lowest BCUT2D eigenvalue weighted by Crippen LogP contribution is -2.37. The molecule has 0 saturated carbocycles. The number of benzene rings is 2. The molecule has 0 atom stereocenters. The topological polar surface area (TPSA) is 66.5 Å². The number of anilines is 3. The number of halogens is 3. The van der Waals surface area contributed by atoms with Gasteiger partial charge in [-0.3, -0.25) is 4.79 Å². The van der Waals surface area contributed by atoms with Crippen molar-refractivity contribution in [2.75, 3.05) is 41.8 Å². The minimum atomic E-state index is -0.272. The van der Waals surface area contributed by atoms with E-state index in [1.807, 2.05) is 6.07 Å². The Balaban J connectivity index is 1.50. The number of ether oxygens (including phenoxy) is 1. The Morgan fingerprint density at radius 1 is 1.06 bits per heavy atom. The number of carbonyl (C=O) groups excluding carboxylic acids is 1. The number of carbonyl (C=O) groups is 1. The van der Waals surface area contributed by atoms with Crippen molar-refractivity contribution in [3.05, 3.63) is 81.6 Å². The second-order valence-corrected chi connectivity index (χ2v) is 8.45. The highest BCUT2D eigenvalue weighted by Gasteiger charge is 2.19. The molecule has 2 aromatic carbocycles. The fraction of sp³-hybridized carbons (Fsp3) is 0.250. The summed E-state index contributed by atoms with van der Waals surface area (Å²) in [5, 5.41) is 7.19. The summed E-state index contributed by atoms with van der Waals surface area (Å²) in [6, 6.07) is 15.0. The van der Waals surface area contributed by atoms with Crippen LogP contribution in [0, 0.1) is 5.82 Å². The molecule has 0 spiro atoms. The monoisotopic (exact) mass is 488 g/mol. The highest BCUT2D eigenvalue weighted by atomic mass is 35.5. The van der Waals surface area contributed by atoms with Crippen molar-refractivity contribution in [2.24, 2.45) is 0 Å². The van der Waals surface area contributed by atoms with Gasteiger partial charge in [-0.2, -0.15) is 0 Å². The van der Waals surface area contributed by atoms with Crippen LogP contribution in [0.4, 0.5) is 21.7 Å². The van der Waals surface area contributed by atoms with Crippen LogP contribution in [0.15, 0.2) is 54.6 Å². The maximum absolute atomic E-state index is 13.1. The van der Waals surface area contributed by atoms with Gasteiger partial charge in [0.15, 0.2) is 5.82 Å². The van der Waals surface area contributed by atoms with Crippen LogP contribution < -0.4 is 15.5 Å². The lowest BCUT2D eigenvalue weighted by atomic mass is 10.1. The largest absolute Gasteiger partial charge is 0.378 e. The SMILES string of the molecule is O=C(Cc1ccc(Cl)cc1Cl)Nc1ccc(NCc2ccc(F)cc2)nc1N1CCOCC1. The minimum absolute atomic E-state index is 0.114. The summed E-state index contributed by atoms with van der Waals surface area (Å²) >= 11 is 12.2. The molecule has 6 nitrogen and oxygen atoms in total. The Morgan fingerprint density at radius 3 is 2.55 bits per heavy atom. The third kappa shape index (κ3) is 6.35. The van der Waals surface area contributed by atoms with Gasteiger partial charge >= 0.3 is 0 Å². The highest BCUT2D eigenvalue weighted by molar-refractivity contribution is 6.35. The normalized spacial score (nSPS) is 13.6. The number of nitrogens with one attached hydrogen (secondary N) is 2. The van der Waals surface area contributed by atoms with Crippen molar-refractivity contribution < 1.29 is 13.9 Å². The summed E-state index contributed by atoms with van der Waals surface area (Å²) in [6.07, 6.45) is 0.114. The molecule has 1 aromatic heterocycles. The molecule has 1 saturated heterocycles. The molecule has 0 bridgehead atoms. The summed E-state index contributed by atoms with van der Waals surface area (Å²) in [5.41, 5.74) is 2.24. The van der Waals surface area contributed by atoms with E-state index in [0.29, 0.717) is 65.8 Å². The molecule has 1 aliphatic heterocycles. The van der Waals surface area contributed by atoms with Gasteiger partial charge in [0.25, 0.3) is 0 Å². The molecule has 2 heterocycles. The third-order valence-electron chi connectivity index (χ3n) is 5.21. The Kier molecular flexibility index (Phi) is 7.65. The minimum Gasteiger partial charge on any atom is -0.378 e. The van der Waals surface area contributed by atoms with Crippen molar-refractivity contribution in [2.45, 2.75) is 13.0 Å². The number of morpholine rings is 1. The Morgan fingerprint density at radius 2 is 1.82 bits per heavy atom. The summed E-state index contributed by atoms with van der Waals surface area (Å²) in [4.78, 5) is 19.6. The molecule has 0 radical (unpaired) electrons. The predicted molar refractivity (Wildman–Crippen MR) is 130 cm³/mol. The standard InChI is InChI=1S/C24H23Cl2FN4O2/c25-18-4-3-17(20(26)14-18)13-23(32)29-21-7-8-22(28-15-16-1-5-19(27)6-2-16)30-24(21)31-9-11-33-12-10-31/h1-8,14H,9-13,15H2,(H,28,30)(H,29,32). The number of rotatable bonds is 7. The van der Waals surface area contributed by atoms with E-state index in [1.54, 1.807) is 36.4 Å². The number of aromatic nitrogens is 1. The zero-order valence-corrected chi connectivity index (χ0v) is 19.3. The van der Waals surface area contributed by atoms with Crippen LogP contribution in [-0.2, 0) is 22.5 Å². The van der Waals surface area contributed by atoms with Crippen LogP contribution in [0.25, 0.3) is 0 Å². The van der Waals surface area contributed by atoms with E-state index in [0.717, 1.165) is 5.56 Å². The van der Waals surface area contributed by atoms with E-state index in [9.17, 15) is 9.18 Å². The number of nitrogens with zero attached hydrogens (tertiary/aromatic N) is 2. The molecular formula is C24H23Cl2FN4O2. The van der Waals surface area contributed by atoms with E-state index in [2.05, 4.69) is 15.5 Å². The molecular weight excluding hydrogens is 466 g/mol. The maximum atomic E-state index is 13.1. The summed E-state index contributed by atoms with van der Waals surface area (Å²) in [5.74, 6) is 0.839. The van der Waals surface area contributed by atoms with Gasteiger partial charge in [0.1, 0.15) is 11.6 Å². The fourth-order valence-corrected chi connectivity index (χ4v) is 3.96. The molecule has 3 aromatic rings. The van der Waals surface area contributed by atoms with Crippen LogP contribution in [-0.4, -0.2) is 37.2 Å². The second-order valence-electron chi connectivity index (χ2n) is 7.61. The quantitative estimate of drug-likeness (QED) is 0.480.